The lowest BCUT2D eigenvalue weighted by Crippen LogP contribution is -2.54. The first-order valence-corrected chi connectivity index (χ1v) is 13.9. The summed E-state index contributed by atoms with van der Waals surface area (Å²) in [7, 11) is -1.28. The molecule has 0 bridgehead atoms. The molecule has 1 saturated heterocycles. The second-order valence-corrected chi connectivity index (χ2v) is 12.6. The molecule has 7 nitrogen and oxygen atoms in total. The lowest BCUT2D eigenvalue weighted by molar-refractivity contribution is -0.0382. The Morgan fingerprint density at radius 3 is 2.41 bits per heavy atom. The lowest BCUT2D eigenvalue weighted by atomic mass is 9.75. The van der Waals surface area contributed by atoms with Crippen LogP contribution in [0.15, 0.2) is 42.6 Å². The fraction of sp³-hybridized carbons (Fsp3) is 0.462. The summed E-state index contributed by atoms with van der Waals surface area (Å²) < 4.78 is 42.1. The SMILES string of the molecule is Cc1ccccc1C([SH]1C[C@H](O)[C@H](n2cc(-c3cc(F)c(F)c(F)c3)nn2)[C@@H](O)[C@H]1CO)C1(O)CCC1. The normalized spacial score (nSPS) is 29.0. The highest BCUT2D eigenvalue weighted by Crippen LogP contribution is 2.61. The Balaban J connectivity index is 1.47. The van der Waals surface area contributed by atoms with Crippen molar-refractivity contribution in [1.29, 1.82) is 0 Å². The number of hydrogen-bond acceptors (Lipinski definition) is 6. The van der Waals surface area contributed by atoms with E-state index in [4.69, 9.17) is 0 Å². The van der Waals surface area contributed by atoms with Crippen LogP contribution < -0.4 is 0 Å². The van der Waals surface area contributed by atoms with E-state index in [1.165, 1.54) is 10.9 Å². The lowest BCUT2D eigenvalue weighted by Gasteiger charge is -2.54. The van der Waals surface area contributed by atoms with Crippen LogP contribution in [0.4, 0.5) is 13.2 Å². The third kappa shape index (κ3) is 4.57. The van der Waals surface area contributed by atoms with Crippen LogP contribution in [0.25, 0.3) is 11.3 Å². The first-order chi connectivity index (χ1) is 17.6. The summed E-state index contributed by atoms with van der Waals surface area (Å²) in [5.74, 6) is -4.10. The van der Waals surface area contributed by atoms with Crippen molar-refractivity contribution in [3.63, 3.8) is 0 Å². The van der Waals surface area contributed by atoms with Crippen molar-refractivity contribution < 1.29 is 33.6 Å². The van der Waals surface area contributed by atoms with Crippen LogP contribution in [0.2, 0.25) is 0 Å². The Kier molecular flexibility index (Phi) is 7.10. The van der Waals surface area contributed by atoms with Crippen molar-refractivity contribution in [2.45, 2.75) is 60.5 Å². The zero-order valence-electron chi connectivity index (χ0n) is 20.2. The van der Waals surface area contributed by atoms with Crippen molar-refractivity contribution >= 4 is 10.9 Å². The molecule has 0 radical (unpaired) electrons. The van der Waals surface area contributed by atoms with Gasteiger partial charge in [-0.05, 0) is 49.4 Å². The third-order valence-corrected chi connectivity index (χ3v) is 11.3. The monoisotopic (exact) mass is 537 g/mol. The second kappa shape index (κ2) is 10.0. The summed E-state index contributed by atoms with van der Waals surface area (Å²) >= 11 is 0. The van der Waals surface area contributed by atoms with Crippen LogP contribution in [0.3, 0.4) is 0 Å². The van der Waals surface area contributed by atoms with Gasteiger partial charge >= 0.3 is 0 Å². The molecule has 1 aliphatic heterocycles. The van der Waals surface area contributed by atoms with Gasteiger partial charge in [0.1, 0.15) is 11.7 Å². The summed E-state index contributed by atoms with van der Waals surface area (Å²) in [4.78, 5) is 0. The van der Waals surface area contributed by atoms with Gasteiger partial charge in [0.05, 0.1) is 30.6 Å². The van der Waals surface area contributed by atoms with Gasteiger partial charge < -0.3 is 20.4 Å². The Hall–Kier alpha value is -2.44. The minimum atomic E-state index is -1.59. The Morgan fingerprint density at radius 2 is 1.81 bits per heavy atom. The van der Waals surface area contributed by atoms with Crippen molar-refractivity contribution in [3.8, 4) is 11.3 Å². The molecule has 37 heavy (non-hydrogen) atoms. The second-order valence-electron chi connectivity index (χ2n) is 10.0. The molecule has 200 valence electrons. The smallest absolute Gasteiger partial charge is 0.194 e. The molecule has 2 heterocycles. The van der Waals surface area contributed by atoms with Gasteiger partial charge in [-0.1, -0.05) is 29.5 Å². The van der Waals surface area contributed by atoms with E-state index in [2.05, 4.69) is 10.3 Å². The number of rotatable bonds is 6. The van der Waals surface area contributed by atoms with Crippen molar-refractivity contribution in [1.82, 2.24) is 15.0 Å². The predicted molar refractivity (Wildman–Crippen MR) is 134 cm³/mol. The number of benzene rings is 2. The van der Waals surface area contributed by atoms with E-state index in [1.54, 1.807) is 0 Å². The van der Waals surface area contributed by atoms with Crippen LogP contribution in [-0.4, -0.2) is 70.8 Å². The van der Waals surface area contributed by atoms with E-state index < -0.39 is 57.4 Å². The maximum Gasteiger partial charge on any atom is 0.194 e. The molecule has 2 aromatic carbocycles. The minimum absolute atomic E-state index is 0.0344. The van der Waals surface area contributed by atoms with Crippen molar-refractivity contribution in [2.75, 3.05) is 12.4 Å². The molecule has 6 atom stereocenters. The van der Waals surface area contributed by atoms with Gasteiger partial charge in [-0.25, -0.2) is 28.7 Å². The topological polar surface area (TPSA) is 112 Å². The maximum absolute atomic E-state index is 13.7. The van der Waals surface area contributed by atoms with E-state index in [9.17, 15) is 33.6 Å². The number of thiol groups is 1. The molecule has 0 spiro atoms. The largest absolute Gasteiger partial charge is 0.395 e. The van der Waals surface area contributed by atoms with Gasteiger partial charge in [0.2, 0.25) is 0 Å². The number of aryl methyl sites for hydroxylation is 1. The molecule has 2 unspecified atom stereocenters. The van der Waals surface area contributed by atoms with Crippen LogP contribution in [-0.2, 0) is 0 Å². The first kappa shape index (κ1) is 26.2. The maximum atomic E-state index is 13.7. The van der Waals surface area contributed by atoms with E-state index >= 15 is 0 Å². The summed E-state index contributed by atoms with van der Waals surface area (Å²) in [6.45, 7) is 1.61. The summed E-state index contributed by atoms with van der Waals surface area (Å²) in [5, 5.41) is 51.5. The van der Waals surface area contributed by atoms with Crippen LogP contribution in [0, 0.1) is 24.4 Å². The first-order valence-electron chi connectivity index (χ1n) is 12.2. The quantitative estimate of drug-likeness (QED) is 0.244. The summed E-state index contributed by atoms with van der Waals surface area (Å²) in [5.41, 5.74) is 0.963. The molecule has 11 heteroatoms. The van der Waals surface area contributed by atoms with E-state index in [0.717, 1.165) is 29.7 Å². The van der Waals surface area contributed by atoms with E-state index in [-0.39, 0.29) is 28.9 Å². The Bertz CT molecular complexity index is 1260. The van der Waals surface area contributed by atoms with Crippen LogP contribution in [0.1, 0.15) is 41.7 Å². The molecule has 2 aliphatic rings. The molecule has 5 rings (SSSR count). The molecule has 1 saturated carbocycles. The highest BCUT2D eigenvalue weighted by Gasteiger charge is 2.53. The molecular formula is C26H30F3N3O4S. The van der Waals surface area contributed by atoms with Crippen LogP contribution >= 0.6 is 10.9 Å². The highest BCUT2D eigenvalue weighted by molar-refractivity contribution is 8.18. The standard InChI is InChI=1S/C26H30F3N3O4S/c1-14-5-2-3-6-16(14)25(26(36)7-4-8-26)37-13-20(34)23(24(35)21(37)12-33)32-11-19(30-31-32)15-9-17(27)22(29)18(28)10-15/h2-3,5-6,9-11,20-21,23-25,33-37H,4,7-8,12-13H2,1H3/t20-,21+,23-,24-,25?/m0/s1. The molecule has 1 aliphatic carbocycles. The Labute approximate surface area is 214 Å². The molecule has 2 fully saturated rings. The van der Waals surface area contributed by atoms with Crippen molar-refractivity contribution in [3.05, 3.63) is 71.2 Å². The summed E-state index contributed by atoms with van der Waals surface area (Å²) in [6.07, 6.45) is 1.10. The molecular weight excluding hydrogens is 507 g/mol. The number of halogens is 3. The van der Waals surface area contributed by atoms with Gasteiger partial charge in [-0.2, -0.15) is 0 Å². The van der Waals surface area contributed by atoms with Gasteiger partial charge in [0, 0.05) is 21.8 Å². The molecule has 1 aromatic heterocycles. The fourth-order valence-corrected chi connectivity index (χ4v) is 9.51. The zero-order chi connectivity index (χ0) is 26.5. The predicted octanol–water partition coefficient (Wildman–Crippen LogP) is 2.97. The number of hydrogen-bond donors (Lipinski definition) is 5. The van der Waals surface area contributed by atoms with Crippen LogP contribution in [0.5, 0.6) is 0 Å². The van der Waals surface area contributed by atoms with Gasteiger partial charge in [-0.3, -0.25) is 0 Å². The average Bonchev–Trinajstić information content (AvgIpc) is 3.32. The number of aliphatic hydroxyl groups excluding tert-OH is 3. The number of nitrogens with zero attached hydrogens (tertiary/aromatic N) is 3. The van der Waals surface area contributed by atoms with E-state index in [1.807, 2.05) is 31.2 Å². The summed E-state index contributed by atoms with van der Waals surface area (Å²) in [6, 6.07) is 8.34. The van der Waals surface area contributed by atoms with Gasteiger partial charge in [0.15, 0.2) is 17.5 Å². The van der Waals surface area contributed by atoms with Gasteiger partial charge in [0.25, 0.3) is 0 Å². The molecule has 0 amide bonds. The number of aromatic nitrogens is 3. The van der Waals surface area contributed by atoms with E-state index in [0.29, 0.717) is 12.8 Å². The number of aliphatic hydroxyl groups is 4. The minimum Gasteiger partial charge on any atom is -0.395 e. The Morgan fingerprint density at radius 1 is 1.14 bits per heavy atom. The zero-order valence-corrected chi connectivity index (χ0v) is 21.1. The average molecular weight is 538 g/mol. The van der Waals surface area contributed by atoms with Crippen molar-refractivity contribution in [2.24, 2.45) is 0 Å². The van der Waals surface area contributed by atoms with Gasteiger partial charge in [-0.15, -0.1) is 5.10 Å². The molecule has 3 aromatic rings. The highest BCUT2D eigenvalue weighted by atomic mass is 32.2. The fourth-order valence-electron chi connectivity index (χ4n) is 5.69. The third-order valence-electron chi connectivity index (χ3n) is 7.79. The molecule has 4 N–H and O–H groups in total.